The van der Waals surface area contributed by atoms with Gasteiger partial charge in [0.05, 0.1) is 11.3 Å². The van der Waals surface area contributed by atoms with Crippen LogP contribution >= 0.6 is 0 Å². The summed E-state index contributed by atoms with van der Waals surface area (Å²) < 4.78 is 0. The van der Waals surface area contributed by atoms with Crippen LogP contribution in [-0.4, -0.2) is 29.6 Å². The van der Waals surface area contributed by atoms with E-state index in [4.69, 9.17) is 0 Å². The van der Waals surface area contributed by atoms with Crippen molar-refractivity contribution in [2.45, 2.75) is 40.0 Å². The van der Waals surface area contributed by atoms with Crippen molar-refractivity contribution in [3.63, 3.8) is 0 Å². The predicted molar refractivity (Wildman–Crippen MR) is 94.9 cm³/mol. The van der Waals surface area contributed by atoms with E-state index < -0.39 is 0 Å². The third kappa shape index (κ3) is 4.54. The molecule has 1 aliphatic rings. The zero-order chi connectivity index (χ0) is 17.7. The molecular weight excluding hydrogens is 304 g/mol. The van der Waals surface area contributed by atoms with Gasteiger partial charge in [-0.25, -0.2) is 0 Å². The standard InChI is InChI=1S/C19H24N2O3/c1-4-9-20-18(24)13-5-7-14(8-6-13)21-12-15-16(22)10-19(2,3)11-17(15)23/h5-8,12,22H,4,9-11H2,1-3H3,(H,20,24). The summed E-state index contributed by atoms with van der Waals surface area (Å²) in [5.74, 6) is -0.115. The topological polar surface area (TPSA) is 78.8 Å². The van der Waals surface area contributed by atoms with Crippen molar-refractivity contribution in [3.8, 4) is 0 Å². The second kappa shape index (κ2) is 7.43. The lowest BCUT2D eigenvalue weighted by molar-refractivity contribution is -0.117. The molecule has 0 aromatic heterocycles. The van der Waals surface area contributed by atoms with Gasteiger partial charge in [-0.05, 0) is 36.1 Å². The Bertz CT molecular complexity index is 685. The molecule has 0 radical (unpaired) electrons. The van der Waals surface area contributed by atoms with Crippen LogP contribution in [0.4, 0.5) is 5.69 Å². The van der Waals surface area contributed by atoms with Gasteiger partial charge in [0.15, 0.2) is 5.78 Å². The SMILES string of the molecule is CCCNC(=O)c1ccc(N=CC2=C(O)CC(C)(C)CC2=O)cc1. The van der Waals surface area contributed by atoms with E-state index in [9.17, 15) is 14.7 Å². The van der Waals surface area contributed by atoms with Gasteiger partial charge in [-0.15, -0.1) is 0 Å². The molecule has 0 fully saturated rings. The van der Waals surface area contributed by atoms with E-state index >= 15 is 0 Å². The molecule has 5 heteroatoms. The molecule has 128 valence electrons. The quantitative estimate of drug-likeness (QED) is 0.808. The number of allylic oxidation sites excluding steroid dienone is 2. The molecule has 0 bridgehead atoms. The van der Waals surface area contributed by atoms with Crippen molar-refractivity contribution >= 4 is 23.6 Å². The first kappa shape index (κ1) is 17.9. The number of hydrogen-bond acceptors (Lipinski definition) is 4. The van der Waals surface area contributed by atoms with E-state index in [0.29, 0.717) is 30.6 Å². The fourth-order valence-electron chi connectivity index (χ4n) is 2.63. The van der Waals surface area contributed by atoms with Crippen molar-refractivity contribution in [2.75, 3.05) is 6.54 Å². The smallest absolute Gasteiger partial charge is 0.251 e. The van der Waals surface area contributed by atoms with Crippen LogP contribution in [0.25, 0.3) is 0 Å². The summed E-state index contributed by atoms with van der Waals surface area (Å²) >= 11 is 0. The second-order valence-corrected chi connectivity index (χ2v) is 6.86. The molecule has 0 aliphatic heterocycles. The summed E-state index contributed by atoms with van der Waals surface area (Å²) in [6.07, 6.45) is 3.17. The number of aliphatic hydroxyl groups excluding tert-OH is 1. The van der Waals surface area contributed by atoms with Gasteiger partial charge < -0.3 is 10.4 Å². The Morgan fingerprint density at radius 3 is 2.54 bits per heavy atom. The largest absolute Gasteiger partial charge is 0.511 e. The van der Waals surface area contributed by atoms with Crippen LogP contribution in [-0.2, 0) is 4.79 Å². The summed E-state index contributed by atoms with van der Waals surface area (Å²) in [6.45, 7) is 6.55. The molecule has 2 rings (SSSR count). The van der Waals surface area contributed by atoms with Crippen LogP contribution in [0.5, 0.6) is 0 Å². The Kier molecular flexibility index (Phi) is 5.54. The van der Waals surface area contributed by atoms with Crippen molar-refractivity contribution in [1.82, 2.24) is 5.32 Å². The molecule has 1 aromatic rings. The van der Waals surface area contributed by atoms with Crippen LogP contribution < -0.4 is 5.32 Å². The minimum atomic E-state index is -0.216. The van der Waals surface area contributed by atoms with Gasteiger partial charge in [0.1, 0.15) is 5.76 Å². The number of aliphatic imine (C=N–C) groups is 1. The fraction of sp³-hybridized carbons (Fsp3) is 0.421. The van der Waals surface area contributed by atoms with Crippen LogP contribution in [0.15, 0.2) is 40.6 Å². The molecule has 0 spiro atoms. The van der Waals surface area contributed by atoms with Crippen LogP contribution in [0.3, 0.4) is 0 Å². The van der Waals surface area contributed by atoms with E-state index in [1.807, 2.05) is 20.8 Å². The van der Waals surface area contributed by atoms with Crippen molar-refractivity contribution in [2.24, 2.45) is 10.4 Å². The van der Waals surface area contributed by atoms with Gasteiger partial charge in [-0.1, -0.05) is 20.8 Å². The second-order valence-electron chi connectivity index (χ2n) is 6.86. The summed E-state index contributed by atoms with van der Waals surface area (Å²) in [6, 6.07) is 6.81. The number of rotatable bonds is 5. The average Bonchev–Trinajstić information content (AvgIpc) is 2.51. The van der Waals surface area contributed by atoms with Gasteiger partial charge in [-0.3, -0.25) is 14.6 Å². The number of aliphatic hydroxyl groups is 1. The predicted octanol–water partition coefficient (Wildman–Crippen LogP) is 3.73. The van der Waals surface area contributed by atoms with E-state index in [1.165, 1.54) is 6.21 Å². The molecule has 1 amide bonds. The van der Waals surface area contributed by atoms with E-state index in [2.05, 4.69) is 10.3 Å². The molecule has 24 heavy (non-hydrogen) atoms. The van der Waals surface area contributed by atoms with Gasteiger partial charge >= 0.3 is 0 Å². The number of benzene rings is 1. The normalized spacial score (nSPS) is 17.4. The van der Waals surface area contributed by atoms with Crippen LogP contribution in [0.2, 0.25) is 0 Å². The third-order valence-corrected chi connectivity index (χ3v) is 3.90. The Morgan fingerprint density at radius 1 is 1.29 bits per heavy atom. The van der Waals surface area contributed by atoms with Crippen molar-refractivity contribution in [1.29, 1.82) is 0 Å². The van der Waals surface area contributed by atoms with Gasteiger partial charge in [0.2, 0.25) is 0 Å². The Hall–Kier alpha value is -2.43. The van der Waals surface area contributed by atoms with Crippen LogP contribution in [0.1, 0.15) is 50.4 Å². The molecule has 5 nitrogen and oxygen atoms in total. The number of amides is 1. The van der Waals surface area contributed by atoms with Crippen molar-refractivity contribution < 1.29 is 14.7 Å². The minimum absolute atomic E-state index is 0.0931. The highest BCUT2D eigenvalue weighted by molar-refractivity contribution is 6.14. The molecule has 0 heterocycles. The first-order valence-corrected chi connectivity index (χ1v) is 8.20. The number of nitrogens with one attached hydrogen (secondary N) is 1. The lowest BCUT2D eigenvalue weighted by Crippen LogP contribution is -2.26. The van der Waals surface area contributed by atoms with Crippen LogP contribution in [0, 0.1) is 5.41 Å². The lowest BCUT2D eigenvalue weighted by Gasteiger charge is -2.28. The zero-order valence-corrected chi connectivity index (χ0v) is 14.4. The Morgan fingerprint density at radius 2 is 1.96 bits per heavy atom. The highest BCUT2D eigenvalue weighted by atomic mass is 16.3. The first-order chi connectivity index (χ1) is 11.3. The maximum absolute atomic E-state index is 12.1. The molecule has 2 N–H and O–H groups in total. The molecule has 0 atom stereocenters. The number of hydrogen-bond donors (Lipinski definition) is 2. The first-order valence-electron chi connectivity index (χ1n) is 8.20. The molecule has 0 saturated carbocycles. The summed E-state index contributed by atoms with van der Waals surface area (Å²) in [4.78, 5) is 28.2. The zero-order valence-electron chi connectivity index (χ0n) is 14.4. The lowest BCUT2D eigenvalue weighted by atomic mass is 9.77. The highest BCUT2D eigenvalue weighted by Gasteiger charge is 2.32. The van der Waals surface area contributed by atoms with Gasteiger partial charge in [0, 0.05) is 31.2 Å². The van der Waals surface area contributed by atoms with E-state index in [1.54, 1.807) is 24.3 Å². The highest BCUT2D eigenvalue weighted by Crippen LogP contribution is 2.35. The Balaban J connectivity index is 2.10. The van der Waals surface area contributed by atoms with E-state index in [-0.39, 0.29) is 28.4 Å². The molecule has 0 saturated heterocycles. The summed E-state index contributed by atoms with van der Waals surface area (Å²) in [5, 5.41) is 12.9. The van der Waals surface area contributed by atoms with Gasteiger partial charge in [-0.2, -0.15) is 0 Å². The molecule has 1 aliphatic carbocycles. The number of carbonyl (C=O) groups excluding carboxylic acids is 2. The third-order valence-electron chi connectivity index (χ3n) is 3.90. The maximum Gasteiger partial charge on any atom is 0.251 e. The average molecular weight is 328 g/mol. The Labute approximate surface area is 142 Å². The molecule has 1 aromatic carbocycles. The molecular formula is C19H24N2O3. The maximum atomic E-state index is 12.1. The number of nitrogens with zero attached hydrogens (tertiary/aromatic N) is 1. The minimum Gasteiger partial charge on any atom is -0.511 e. The summed E-state index contributed by atoms with van der Waals surface area (Å²) in [7, 11) is 0. The number of ketones is 1. The monoisotopic (exact) mass is 328 g/mol. The van der Waals surface area contributed by atoms with E-state index in [0.717, 1.165) is 6.42 Å². The summed E-state index contributed by atoms with van der Waals surface area (Å²) in [5.41, 5.74) is 1.26. The van der Waals surface area contributed by atoms with Gasteiger partial charge in [0.25, 0.3) is 5.91 Å². The van der Waals surface area contributed by atoms with Crippen molar-refractivity contribution in [3.05, 3.63) is 41.2 Å². The molecule has 0 unspecified atom stereocenters. The number of Topliss-reactive ketones (excluding diaryl/α,β-unsaturated/α-hetero) is 1. The fourth-order valence-corrected chi connectivity index (χ4v) is 2.63. The number of carbonyl (C=O) groups is 2.